The first-order valence-corrected chi connectivity index (χ1v) is 14.3. The first-order valence-electron chi connectivity index (χ1n) is 14.3. The lowest BCUT2D eigenvalue weighted by molar-refractivity contribution is -0.0153. The standard InChI is InChI=1S/C27H50N6O4/c1-6-31-8-7-30(5)22(15-31)17-37-25(35)29-21-13-26(2,3)19-27(4,14-21)20-28-24(34)36-18-23-16-32-9-11-33(23)12-10-32/h21-23H,6-20H2,1-5H3,(H,28,34)(H,29,35). The van der Waals surface area contributed by atoms with Crippen molar-refractivity contribution in [2.75, 3.05) is 85.7 Å². The van der Waals surface area contributed by atoms with Gasteiger partial charge in [0.1, 0.15) is 13.2 Å². The van der Waals surface area contributed by atoms with Gasteiger partial charge >= 0.3 is 12.2 Å². The smallest absolute Gasteiger partial charge is 0.407 e. The first-order chi connectivity index (χ1) is 17.5. The number of hydrogen-bond donors (Lipinski definition) is 2. The fourth-order valence-corrected chi connectivity index (χ4v) is 7.12. The number of fused-ring (bicyclic) bond motifs is 3. The summed E-state index contributed by atoms with van der Waals surface area (Å²) in [4.78, 5) is 34.8. The fourth-order valence-electron chi connectivity index (χ4n) is 7.12. The Kier molecular flexibility index (Phi) is 9.25. The van der Waals surface area contributed by atoms with Crippen LogP contribution >= 0.6 is 0 Å². The molecule has 2 bridgehead atoms. The number of piperazine rings is 4. The molecule has 4 atom stereocenters. The molecule has 0 aromatic rings. The Bertz CT molecular complexity index is 789. The number of alkyl carbamates (subject to hydrolysis) is 2. The van der Waals surface area contributed by atoms with Crippen LogP contribution in [0.5, 0.6) is 0 Å². The van der Waals surface area contributed by atoms with Crippen molar-refractivity contribution < 1.29 is 19.1 Å². The molecule has 5 rings (SSSR count). The maximum atomic E-state index is 12.7. The van der Waals surface area contributed by atoms with Crippen LogP contribution in [0.4, 0.5) is 9.59 Å². The highest BCUT2D eigenvalue weighted by Gasteiger charge is 2.42. The number of amides is 2. The molecule has 37 heavy (non-hydrogen) atoms. The molecule has 5 aliphatic rings. The van der Waals surface area contributed by atoms with Crippen molar-refractivity contribution in [2.45, 2.75) is 65.1 Å². The van der Waals surface area contributed by atoms with Crippen LogP contribution in [0.1, 0.15) is 47.0 Å². The number of carbonyl (C=O) groups excluding carboxylic acids is 2. The Morgan fingerprint density at radius 3 is 2.27 bits per heavy atom. The Labute approximate surface area is 223 Å². The zero-order valence-electron chi connectivity index (χ0n) is 23.8. The summed E-state index contributed by atoms with van der Waals surface area (Å²) in [7, 11) is 2.10. The minimum Gasteiger partial charge on any atom is -0.448 e. The van der Waals surface area contributed by atoms with E-state index >= 15 is 0 Å². The molecule has 1 aliphatic carbocycles. The molecule has 2 amide bonds. The molecule has 10 heteroatoms. The predicted molar refractivity (Wildman–Crippen MR) is 144 cm³/mol. The summed E-state index contributed by atoms with van der Waals surface area (Å²) < 4.78 is 11.3. The largest absolute Gasteiger partial charge is 0.448 e. The van der Waals surface area contributed by atoms with E-state index < -0.39 is 0 Å². The highest BCUT2D eigenvalue weighted by Crippen LogP contribution is 2.45. The average molecular weight is 523 g/mol. The van der Waals surface area contributed by atoms with Gasteiger partial charge in [-0.1, -0.05) is 27.7 Å². The van der Waals surface area contributed by atoms with E-state index in [4.69, 9.17) is 9.47 Å². The van der Waals surface area contributed by atoms with Crippen molar-refractivity contribution >= 4 is 12.2 Å². The molecule has 4 saturated heterocycles. The Hall–Kier alpha value is -1.62. The maximum absolute atomic E-state index is 12.7. The van der Waals surface area contributed by atoms with Gasteiger partial charge in [0, 0.05) is 64.9 Å². The molecule has 0 aromatic heterocycles. The monoisotopic (exact) mass is 522 g/mol. The van der Waals surface area contributed by atoms with Crippen molar-refractivity contribution in [3.63, 3.8) is 0 Å². The van der Waals surface area contributed by atoms with Crippen LogP contribution in [0.25, 0.3) is 0 Å². The van der Waals surface area contributed by atoms with Gasteiger partial charge in [0.25, 0.3) is 0 Å². The van der Waals surface area contributed by atoms with Crippen LogP contribution < -0.4 is 10.6 Å². The van der Waals surface area contributed by atoms with E-state index in [0.717, 1.165) is 78.2 Å². The van der Waals surface area contributed by atoms with Gasteiger partial charge in [-0.3, -0.25) is 14.7 Å². The molecule has 212 valence electrons. The van der Waals surface area contributed by atoms with Crippen molar-refractivity contribution in [1.82, 2.24) is 30.2 Å². The molecule has 0 spiro atoms. The van der Waals surface area contributed by atoms with E-state index in [1.807, 2.05) is 0 Å². The van der Waals surface area contributed by atoms with Crippen molar-refractivity contribution in [2.24, 2.45) is 10.8 Å². The van der Waals surface area contributed by atoms with Gasteiger partial charge in [-0.2, -0.15) is 0 Å². The lowest BCUT2D eigenvalue weighted by atomic mass is 9.62. The third-order valence-electron chi connectivity index (χ3n) is 8.94. The third kappa shape index (κ3) is 7.94. The van der Waals surface area contributed by atoms with Crippen molar-refractivity contribution in [3.8, 4) is 0 Å². The second-order valence-corrected chi connectivity index (χ2v) is 13.0. The number of rotatable bonds is 8. The number of ether oxygens (including phenoxy) is 2. The topological polar surface area (TPSA) is 89.6 Å². The summed E-state index contributed by atoms with van der Waals surface area (Å²) in [5.41, 5.74) is -0.0894. The molecule has 4 unspecified atom stereocenters. The van der Waals surface area contributed by atoms with Crippen LogP contribution in [-0.2, 0) is 9.47 Å². The van der Waals surface area contributed by atoms with E-state index in [1.165, 1.54) is 0 Å². The minimum absolute atomic E-state index is 0.00920. The van der Waals surface area contributed by atoms with Gasteiger partial charge in [0.15, 0.2) is 0 Å². The number of nitrogens with zero attached hydrogens (tertiary/aromatic N) is 4. The molecule has 5 fully saturated rings. The lowest BCUT2D eigenvalue weighted by Gasteiger charge is -2.47. The molecule has 0 radical (unpaired) electrons. The van der Waals surface area contributed by atoms with E-state index in [-0.39, 0.29) is 35.1 Å². The predicted octanol–water partition coefficient (Wildman–Crippen LogP) is 1.66. The Morgan fingerprint density at radius 1 is 0.892 bits per heavy atom. The zero-order valence-corrected chi connectivity index (χ0v) is 23.8. The van der Waals surface area contributed by atoms with Crippen LogP contribution in [0.15, 0.2) is 0 Å². The summed E-state index contributed by atoms with van der Waals surface area (Å²) in [6.07, 6.45) is 1.97. The van der Waals surface area contributed by atoms with Gasteiger partial charge in [-0.25, -0.2) is 9.59 Å². The van der Waals surface area contributed by atoms with E-state index in [0.29, 0.717) is 25.8 Å². The van der Waals surface area contributed by atoms with E-state index in [1.54, 1.807) is 0 Å². The second kappa shape index (κ2) is 12.1. The fraction of sp³-hybridized carbons (Fsp3) is 0.926. The van der Waals surface area contributed by atoms with Gasteiger partial charge in [-0.05, 0) is 43.7 Å². The zero-order chi connectivity index (χ0) is 26.6. The van der Waals surface area contributed by atoms with Gasteiger partial charge in [0.2, 0.25) is 0 Å². The summed E-state index contributed by atoms with van der Waals surface area (Å²) in [6.45, 7) is 19.6. The summed E-state index contributed by atoms with van der Waals surface area (Å²) in [5, 5.41) is 6.16. The molecule has 1 saturated carbocycles. The normalized spacial score (nSPS) is 36.1. The van der Waals surface area contributed by atoms with Crippen molar-refractivity contribution in [1.29, 1.82) is 0 Å². The van der Waals surface area contributed by atoms with Crippen molar-refractivity contribution in [3.05, 3.63) is 0 Å². The Morgan fingerprint density at radius 2 is 1.59 bits per heavy atom. The minimum atomic E-state index is -0.344. The van der Waals surface area contributed by atoms with Crippen LogP contribution in [-0.4, -0.2) is 136 Å². The first kappa shape index (κ1) is 28.4. The summed E-state index contributed by atoms with van der Waals surface area (Å²) in [5.74, 6) is 0. The molecular formula is C27H50N6O4. The molecule has 10 nitrogen and oxygen atoms in total. The molecular weight excluding hydrogens is 472 g/mol. The lowest BCUT2D eigenvalue weighted by Crippen LogP contribution is -2.62. The SMILES string of the molecule is CCN1CCN(C)C(COC(=O)NC2CC(C)(C)CC(C)(CNC(=O)OCC3CN4CCN3CC4)C2)C1. The second-order valence-electron chi connectivity index (χ2n) is 13.0. The van der Waals surface area contributed by atoms with E-state index in [2.05, 4.69) is 65.0 Å². The Balaban J connectivity index is 1.21. The summed E-state index contributed by atoms with van der Waals surface area (Å²) in [6, 6.07) is 0.533. The number of carbonyl (C=O) groups is 2. The van der Waals surface area contributed by atoms with Crippen LogP contribution in [0, 0.1) is 10.8 Å². The quantitative estimate of drug-likeness (QED) is 0.498. The number of nitrogens with one attached hydrogen (secondary N) is 2. The van der Waals surface area contributed by atoms with Crippen LogP contribution in [0.2, 0.25) is 0 Å². The number of likely N-dealkylation sites (N-methyl/N-ethyl adjacent to an activating group) is 2. The van der Waals surface area contributed by atoms with Crippen LogP contribution in [0.3, 0.4) is 0 Å². The van der Waals surface area contributed by atoms with Gasteiger partial charge < -0.3 is 25.0 Å². The number of hydrogen-bond acceptors (Lipinski definition) is 8. The van der Waals surface area contributed by atoms with Gasteiger partial charge in [0.05, 0.1) is 12.1 Å². The highest BCUT2D eigenvalue weighted by atomic mass is 16.6. The molecule has 2 N–H and O–H groups in total. The molecule has 0 aromatic carbocycles. The molecule has 4 heterocycles. The highest BCUT2D eigenvalue weighted by molar-refractivity contribution is 5.68. The molecule has 4 aliphatic heterocycles. The third-order valence-corrected chi connectivity index (χ3v) is 8.94. The average Bonchev–Trinajstić information content (AvgIpc) is 2.85. The van der Waals surface area contributed by atoms with E-state index in [9.17, 15) is 9.59 Å². The maximum Gasteiger partial charge on any atom is 0.407 e. The summed E-state index contributed by atoms with van der Waals surface area (Å²) >= 11 is 0. The van der Waals surface area contributed by atoms with Gasteiger partial charge in [-0.15, -0.1) is 0 Å².